The third-order valence-electron chi connectivity index (χ3n) is 2.73. The van der Waals surface area contributed by atoms with Crippen molar-refractivity contribution in [1.29, 1.82) is 0 Å². The van der Waals surface area contributed by atoms with E-state index in [4.69, 9.17) is 17.3 Å². The van der Waals surface area contributed by atoms with E-state index in [-0.39, 0.29) is 11.7 Å². The molecule has 0 spiro atoms. The summed E-state index contributed by atoms with van der Waals surface area (Å²) in [5.41, 5.74) is 7.71. The van der Waals surface area contributed by atoms with Crippen LogP contribution in [0.25, 0.3) is 0 Å². The highest BCUT2D eigenvalue weighted by Gasteiger charge is 2.09. The Kier molecular flexibility index (Phi) is 5.36. The van der Waals surface area contributed by atoms with Crippen LogP contribution in [-0.2, 0) is 21.3 Å². The molecule has 110 valence electrons. The quantitative estimate of drug-likeness (QED) is 0.831. The molecular formula is C15H15ClN2O2S. The molecule has 6 heteroatoms. The lowest BCUT2D eigenvalue weighted by Gasteiger charge is -2.06. The van der Waals surface area contributed by atoms with E-state index in [9.17, 15) is 9.00 Å². The van der Waals surface area contributed by atoms with Gasteiger partial charge < -0.3 is 11.1 Å². The van der Waals surface area contributed by atoms with Crippen LogP contribution in [0.2, 0.25) is 5.02 Å². The number of hydrogen-bond donors (Lipinski definition) is 2. The van der Waals surface area contributed by atoms with Crippen molar-refractivity contribution in [2.45, 2.75) is 5.75 Å². The average molecular weight is 323 g/mol. The first-order valence-electron chi connectivity index (χ1n) is 6.28. The molecule has 0 saturated heterocycles. The van der Waals surface area contributed by atoms with Gasteiger partial charge in [-0.15, -0.1) is 0 Å². The fourth-order valence-electron chi connectivity index (χ4n) is 1.73. The second kappa shape index (κ2) is 7.24. The van der Waals surface area contributed by atoms with Crippen LogP contribution in [0.4, 0.5) is 11.4 Å². The molecule has 2 aromatic carbocycles. The van der Waals surface area contributed by atoms with Crippen LogP contribution in [-0.4, -0.2) is 15.9 Å². The first kappa shape index (κ1) is 15.5. The Balaban J connectivity index is 1.85. The Morgan fingerprint density at radius 3 is 2.33 bits per heavy atom. The Bertz CT molecular complexity index is 584. The fourth-order valence-corrected chi connectivity index (χ4v) is 2.88. The minimum atomic E-state index is -1.27. The Morgan fingerprint density at radius 1 is 1.10 bits per heavy atom. The molecule has 21 heavy (non-hydrogen) atoms. The summed E-state index contributed by atoms with van der Waals surface area (Å²) in [6, 6.07) is 13.9. The molecule has 1 amide bonds. The van der Waals surface area contributed by atoms with Crippen LogP contribution >= 0.6 is 11.6 Å². The van der Waals surface area contributed by atoms with E-state index in [1.807, 2.05) is 0 Å². The number of hydrogen-bond acceptors (Lipinski definition) is 3. The summed E-state index contributed by atoms with van der Waals surface area (Å²) in [5, 5.41) is 3.32. The van der Waals surface area contributed by atoms with Crippen LogP contribution in [0, 0.1) is 0 Å². The molecule has 0 aliphatic rings. The van der Waals surface area contributed by atoms with Crippen LogP contribution < -0.4 is 11.1 Å². The summed E-state index contributed by atoms with van der Waals surface area (Å²) < 4.78 is 11.9. The predicted molar refractivity (Wildman–Crippen MR) is 87.6 cm³/mol. The minimum Gasteiger partial charge on any atom is -0.399 e. The van der Waals surface area contributed by atoms with Gasteiger partial charge >= 0.3 is 0 Å². The summed E-state index contributed by atoms with van der Waals surface area (Å²) >= 11 is 5.79. The van der Waals surface area contributed by atoms with Gasteiger partial charge in [0.25, 0.3) is 0 Å². The summed E-state index contributed by atoms with van der Waals surface area (Å²) in [6.45, 7) is 0. The summed E-state index contributed by atoms with van der Waals surface area (Å²) in [5.74, 6) is -0.00801. The van der Waals surface area contributed by atoms with E-state index in [0.29, 0.717) is 22.2 Å². The monoisotopic (exact) mass is 322 g/mol. The number of nitrogens with two attached hydrogens (primary N) is 1. The van der Waals surface area contributed by atoms with Gasteiger partial charge in [0.2, 0.25) is 5.91 Å². The summed E-state index contributed by atoms with van der Waals surface area (Å²) in [6.07, 6.45) is 0. The topological polar surface area (TPSA) is 72.2 Å². The predicted octanol–water partition coefficient (Wildman–Crippen LogP) is 2.81. The van der Waals surface area contributed by atoms with Crippen molar-refractivity contribution in [3.05, 3.63) is 59.1 Å². The maximum absolute atomic E-state index is 11.9. The lowest BCUT2D eigenvalue weighted by atomic mass is 10.2. The number of amides is 1. The highest BCUT2D eigenvalue weighted by molar-refractivity contribution is 7.84. The molecule has 1 unspecified atom stereocenters. The number of carbonyl (C=O) groups excluding carboxylic acids is 1. The molecule has 2 rings (SSSR count). The maximum Gasteiger partial charge on any atom is 0.237 e. The van der Waals surface area contributed by atoms with E-state index in [1.165, 1.54) is 0 Å². The third kappa shape index (κ3) is 5.21. The van der Waals surface area contributed by atoms with Crippen molar-refractivity contribution in [3.63, 3.8) is 0 Å². The molecule has 0 heterocycles. The summed E-state index contributed by atoms with van der Waals surface area (Å²) in [7, 11) is -1.27. The van der Waals surface area contributed by atoms with E-state index < -0.39 is 10.8 Å². The van der Waals surface area contributed by atoms with Crippen LogP contribution in [0.5, 0.6) is 0 Å². The molecule has 1 atom stereocenters. The van der Waals surface area contributed by atoms with Gasteiger partial charge in [0, 0.05) is 32.9 Å². The molecule has 0 aliphatic heterocycles. The normalized spacial score (nSPS) is 11.9. The average Bonchev–Trinajstić information content (AvgIpc) is 2.44. The third-order valence-corrected chi connectivity index (χ3v) is 4.22. The second-order valence-electron chi connectivity index (χ2n) is 4.53. The van der Waals surface area contributed by atoms with Gasteiger partial charge in [-0.2, -0.15) is 0 Å². The molecule has 0 aliphatic carbocycles. The number of benzene rings is 2. The molecule has 2 aromatic rings. The Labute approximate surface area is 130 Å². The number of rotatable bonds is 5. The molecule has 4 nitrogen and oxygen atoms in total. The minimum absolute atomic E-state index is 0.0486. The van der Waals surface area contributed by atoms with Crippen LogP contribution in [0.1, 0.15) is 5.56 Å². The highest BCUT2D eigenvalue weighted by Crippen LogP contribution is 2.12. The van der Waals surface area contributed by atoms with Gasteiger partial charge in [0.1, 0.15) is 5.75 Å². The van der Waals surface area contributed by atoms with Gasteiger partial charge in [-0.3, -0.25) is 9.00 Å². The van der Waals surface area contributed by atoms with E-state index in [1.54, 1.807) is 48.5 Å². The molecule has 0 aromatic heterocycles. The Morgan fingerprint density at radius 2 is 1.71 bits per heavy atom. The molecule has 3 N–H and O–H groups in total. The van der Waals surface area contributed by atoms with Gasteiger partial charge in [0.15, 0.2) is 0 Å². The SMILES string of the molecule is Nc1ccc(NC(=O)CS(=O)Cc2ccc(Cl)cc2)cc1. The van der Waals surface area contributed by atoms with Crippen molar-refractivity contribution in [1.82, 2.24) is 0 Å². The van der Waals surface area contributed by atoms with Crippen LogP contribution in [0.15, 0.2) is 48.5 Å². The van der Waals surface area contributed by atoms with Gasteiger partial charge in [0.05, 0.1) is 0 Å². The largest absolute Gasteiger partial charge is 0.399 e. The van der Waals surface area contributed by atoms with E-state index in [2.05, 4.69) is 5.32 Å². The number of carbonyl (C=O) groups is 1. The molecule has 0 fully saturated rings. The van der Waals surface area contributed by atoms with Crippen LogP contribution in [0.3, 0.4) is 0 Å². The lowest BCUT2D eigenvalue weighted by molar-refractivity contribution is -0.113. The van der Waals surface area contributed by atoms with E-state index >= 15 is 0 Å². The first-order chi connectivity index (χ1) is 10.0. The Hall–Kier alpha value is -1.85. The van der Waals surface area contributed by atoms with Crippen molar-refractivity contribution in [2.75, 3.05) is 16.8 Å². The van der Waals surface area contributed by atoms with Gasteiger partial charge in [-0.25, -0.2) is 0 Å². The van der Waals surface area contributed by atoms with E-state index in [0.717, 1.165) is 5.56 Å². The number of halogens is 1. The fraction of sp³-hybridized carbons (Fsp3) is 0.133. The standard InChI is InChI=1S/C15H15ClN2O2S/c16-12-3-1-11(2-4-12)9-21(20)10-15(19)18-14-7-5-13(17)6-8-14/h1-8H,9-10,17H2,(H,18,19). The summed E-state index contributed by atoms with van der Waals surface area (Å²) in [4.78, 5) is 11.8. The first-order valence-corrected chi connectivity index (χ1v) is 8.14. The molecule has 0 radical (unpaired) electrons. The molecular weight excluding hydrogens is 308 g/mol. The second-order valence-corrected chi connectivity index (χ2v) is 6.42. The van der Waals surface area contributed by atoms with Crippen molar-refractivity contribution < 1.29 is 9.00 Å². The number of nitrogen functional groups attached to an aromatic ring is 1. The maximum atomic E-state index is 11.9. The van der Waals surface area contributed by atoms with Gasteiger partial charge in [-0.1, -0.05) is 23.7 Å². The smallest absolute Gasteiger partial charge is 0.237 e. The number of anilines is 2. The van der Waals surface area contributed by atoms with Gasteiger partial charge in [-0.05, 0) is 42.0 Å². The zero-order valence-corrected chi connectivity index (χ0v) is 12.8. The lowest BCUT2D eigenvalue weighted by Crippen LogP contribution is -2.20. The van der Waals surface area contributed by atoms with Crippen molar-refractivity contribution >= 4 is 39.7 Å². The molecule has 0 saturated carbocycles. The highest BCUT2D eigenvalue weighted by atomic mass is 35.5. The van der Waals surface area contributed by atoms with Crippen molar-refractivity contribution in [2.24, 2.45) is 0 Å². The van der Waals surface area contributed by atoms with Crippen molar-refractivity contribution in [3.8, 4) is 0 Å². The molecule has 0 bridgehead atoms. The zero-order chi connectivity index (χ0) is 15.2. The number of nitrogens with one attached hydrogen (secondary N) is 1. The zero-order valence-electron chi connectivity index (χ0n) is 11.2.